The van der Waals surface area contributed by atoms with Crippen molar-refractivity contribution in [2.45, 2.75) is 18.8 Å². The fraction of sp³-hybridized carbons (Fsp3) is 0.222. The topological polar surface area (TPSA) is 72.7 Å². The Bertz CT molecular complexity index is 883. The van der Waals surface area contributed by atoms with Crippen molar-refractivity contribution in [2.75, 3.05) is 5.32 Å². The summed E-state index contributed by atoms with van der Waals surface area (Å²) in [4.78, 5) is 20.9. The second-order valence-electron chi connectivity index (χ2n) is 5.98. The molecular formula is C18H17N5O. The molecule has 0 aliphatic heterocycles. The van der Waals surface area contributed by atoms with Gasteiger partial charge in [-0.1, -0.05) is 6.07 Å². The van der Waals surface area contributed by atoms with Gasteiger partial charge in [0.2, 0.25) is 0 Å². The highest BCUT2D eigenvalue weighted by Crippen LogP contribution is 2.39. The molecule has 1 fully saturated rings. The summed E-state index contributed by atoms with van der Waals surface area (Å²) < 4.78 is 1.63. The fourth-order valence-corrected chi connectivity index (χ4v) is 2.67. The maximum Gasteiger partial charge on any atom is 0.275 e. The number of anilines is 1. The molecule has 0 atom stereocenters. The molecule has 3 aromatic rings. The number of amides is 1. The minimum absolute atomic E-state index is 0.201. The smallest absolute Gasteiger partial charge is 0.275 e. The van der Waals surface area contributed by atoms with Crippen molar-refractivity contribution in [3.8, 4) is 11.1 Å². The Hall–Kier alpha value is -3.02. The molecule has 4 rings (SSSR count). The fourth-order valence-electron chi connectivity index (χ4n) is 2.67. The molecule has 1 aliphatic carbocycles. The van der Waals surface area contributed by atoms with E-state index < -0.39 is 0 Å². The number of nitrogens with zero attached hydrogens (tertiary/aromatic N) is 4. The zero-order valence-corrected chi connectivity index (χ0v) is 13.3. The van der Waals surface area contributed by atoms with Crippen LogP contribution in [0.2, 0.25) is 0 Å². The Kier molecular flexibility index (Phi) is 3.57. The Balaban J connectivity index is 1.56. The second-order valence-corrected chi connectivity index (χ2v) is 5.98. The number of hydrogen-bond acceptors (Lipinski definition) is 4. The molecule has 6 heteroatoms. The lowest BCUT2D eigenvalue weighted by molar-refractivity contribution is 0.101. The van der Waals surface area contributed by atoms with Gasteiger partial charge in [-0.05, 0) is 42.7 Å². The number of carbonyl (C=O) groups is 1. The third-order valence-corrected chi connectivity index (χ3v) is 4.12. The molecule has 3 heterocycles. The number of aryl methyl sites for hydroxylation is 1. The highest BCUT2D eigenvalue weighted by Gasteiger charge is 2.28. The van der Waals surface area contributed by atoms with Crippen LogP contribution in [0.1, 0.15) is 34.9 Å². The molecule has 0 bridgehead atoms. The lowest BCUT2D eigenvalue weighted by atomic mass is 10.1. The van der Waals surface area contributed by atoms with Crippen molar-refractivity contribution < 1.29 is 4.79 Å². The highest BCUT2D eigenvalue weighted by molar-refractivity contribution is 6.02. The van der Waals surface area contributed by atoms with Gasteiger partial charge in [0.15, 0.2) is 0 Å². The summed E-state index contributed by atoms with van der Waals surface area (Å²) in [6, 6.07) is 9.45. The molecule has 0 saturated heterocycles. The normalized spacial score (nSPS) is 13.7. The Morgan fingerprint density at radius 3 is 2.83 bits per heavy atom. The van der Waals surface area contributed by atoms with Crippen molar-refractivity contribution in [3.63, 3.8) is 0 Å². The van der Waals surface area contributed by atoms with Gasteiger partial charge in [-0.25, -0.2) is 4.98 Å². The summed E-state index contributed by atoms with van der Waals surface area (Å²) in [6.07, 6.45) is 7.51. The molecule has 1 amide bonds. The molecule has 0 radical (unpaired) electrons. The number of carbonyl (C=O) groups excluding carboxylic acids is 1. The van der Waals surface area contributed by atoms with E-state index in [0.29, 0.717) is 17.4 Å². The van der Waals surface area contributed by atoms with Gasteiger partial charge in [-0.2, -0.15) is 5.10 Å². The largest absolute Gasteiger partial charge is 0.305 e. The summed E-state index contributed by atoms with van der Waals surface area (Å²) in [6.45, 7) is 0. The zero-order chi connectivity index (χ0) is 16.5. The molecule has 24 heavy (non-hydrogen) atoms. The minimum atomic E-state index is -0.201. The average molecular weight is 319 g/mol. The standard InChI is InChI=1S/C18H17N5O/c1-23-16(10-15(22-23)12-4-5-12)18(24)21-17-9-13(6-8-20-17)14-3-2-7-19-11-14/h2-3,6-12H,4-5H2,1H3,(H,20,21,24). The monoisotopic (exact) mass is 319 g/mol. The number of rotatable bonds is 4. The van der Waals surface area contributed by atoms with Gasteiger partial charge in [0.25, 0.3) is 5.91 Å². The first-order chi connectivity index (χ1) is 11.7. The van der Waals surface area contributed by atoms with Crippen LogP contribution in [0.3, 0.4) is 0 Å². The Morgan fingerprint density at radius 2 is 2.08 bits per heavy atom. The second kappa shape index (κ2) is 5.88. The summed E-state index contributed by atoms with van der Waals surface area (Å²) in [5.41, 5.74) is 3.48. The lowest BCUT2D eigenvalue weighted by Crippen LogP contribution is -2.16. The lowest BCUT2D eigenvalue weighted by Gasteiger charge is -2.06. The Morgan fingerprint density at radius 1 is 1.21 bits per heavy atom. The molecule has 3 aromatic heterocycles. The highest BCUT2D eigenvalue weighted by atomic mass is 16.2. The first kappa shape index (κ1) is 14.6. The maximum absolute atomic E-state index is 12.5. The number of nitrogens with one attached hydrogen (secondary N) is 1. The molecular weight excluding hydrogens is 302 g/mol. The van der Waals surface area contributed by atoms with Crippen molar-refractivity contribution >= 4 is 11.7 Å². The zero-order valence-electron chi connectivity index (χ0n) is 13.3. The van der Waals surface area contributed by atoms with E-state index in [2.05, 4.69) is 20.4 Å². The molecule has 0 unspecified atom stereocenters. The van der Waals surface area contributed by atoms with Gasteiger partial charge in [-0.15, -0.1) is 0 Å². The van der Waals surface area contributed by atoms with Gasteiger partial charge in [0.05, 0.1) is 5.69 Å². The predicted octanol–water partition coefficient (Wildman–Crippen LogP) is 3.01. The van der Waals surface area contributed by atoms with Crippen molar-refractivity contribution in [2.24, 2.45) is 7.05 Å². The minimum Gasteiger partial charge on any atom is -0.305 e. The van der Waals surface area contributed by atoms with Crippen molar-refractivity contribution in [1.29, 1.82) is 0 Å². The predicted molar refractivity (Wildman–Crippen MR) is 90.6 cm³/mol. The average Bonchev–Trinajstić information content (AvgIpc) is 3.38. The number of pyridine rings is 2. The van der Waals surface area contributed by atoms with Crippen LogP contribution >= 0.6 is 0 Å². The Labute approximate surface area is 139 Å². The van der Waals surface area contributed by atoms with E-state index in [1.807, 2.05) is 30.3 Å². The van der Waals surface area contributed by atoms with E-state index in [0.717, 1.165) is 29.7 Å². The summed E-state index contributed by atoms with van der Waals surface area (Å²) in [7, 11) is 1.79. The third-order valence-electron chi connectivity index (χ3n) is 4.12. The van der Waals surface area contributed by atoms with E-state index in [9.17, 15) is 4.79 Å². The van der Waals surface area contributed by atoms with Gasteiger partial charge in [0.1, 0.15) is 11.5 Å². The molecule has 0 spiro atoms. The molecule has 1 aliphatic rings. The van der Waals surface area contributed by atoms with E-state index in [4.69, 9.17) is 0 Å². The van der Waals surface area contributed by atoms with Crippen LogP contribution in [0.5, 0.6) is 0 Å². The van der Waals surface area contributed by atoms with Gasteiger partial charge >= 0.3 is 0 Å². The maximum atomic E-state index is 12.5. The molecule has 1 N–H and O–H groups in total. The first-order valence-electron chi connectivity index (χ1n) is 7.92. The van der Waals surface area contributed by atoms with Gasteiger partial charge < -0.3 is 5.32 Å². The molecule has 0 aromatic carbocycles. The molecule has 1 saturated carbocycles. The van der Waals surface area contributed by atoms with Crippen molar-refractivity contribution in [3.05, 3.63) is 60.3 Å². The van der Waals surface area contributed by atoms with Crippen LogP contribution in [0.4, 0.5) is 5.82 Å². The summed E-state index contributed by atoms with van der Waals surface area (Å²) in [5.74, 6) is 0.827. The van der Waals surface area contributed by atoms with Gasteiger partial charge in [0, 0.05) is 37.1 Å². The number of hydrogen-bond donors (Lipinski definition) is 1. The quantitative estimate of drug-likeness (QED) is 0.802. The molecule has 6 nitrogen and oxygen atoms in total. The van der Waals surface area contributed by atoms with E-state index in [1.54, 1.807) is 30.3 Å². The van der Waals surface area contributed by atoms with Crippen molar-refractivity contribution in [1.82, 2.24) is 19.7 Å². The van der Waals surface area contributed by atoms with Crippen LogP contribution in [0.25, 0.3) is 11.1 Å². The SMILES string of the molecule is Cn1nc(C2CC2)cc1C(=O)Nc1cc(-c2cccnc2)ccn1. The molecule has 120 valence electrons. The first-order valence-corrected chi connectivity index (χ1v) is 7.92. The van der Waals surface area contributed by atoms with E-state index >= 15 is 0 Å². The number of aromatic nitrogens is 4. The van der Waals surface area contributed by atoms with Crippen LogP contribution in [0, 0.1) is 0 Å². The van der Waals surface area contributed by atoms with Crippen LogP contribution < -0.4 is 5.32 Å². The van der Waals surface area contributed by atoms with E-state index in [1.165, 1.54) is 0 Å². The third kappa shape index (κ3) is 2.90. The summed E-state index contributed by atoms with van der Waals surface area (Å²) in [5, 5.41) is 7.28. The van der Waals surface area contributed by atoms with Crippen LogP contribution in [-0.2, 0) is 7.05 Å². The summed E-state index contributed by atoms with van der Waals surface area (Å²) >= 11 is 0. The van der Waals surface area contributed by atoms with E-state index in [-0.39, 0.29) is 5.91 Å². The van der Waals surface area contributed by atoms with Crippen LogP contribution in [-0.4, -0.2) is 25.7 Å². The van der Waals surface area contributed by atoms with Gasteiger partial charge in [-0.3, -0.25) is 14.5 Å². The van der Waals surface area contributed by atoms with Crippen LogP contribution in [0.15, 0.2) is 48.9 Å².